The Morgan fingerprint density at radius 2 is 1.80 bits per heavy atom. The summed E-state index contributed by atoms with van der Waals surface area (Å²) in [5.41, 5.74) is 0. The van der Waals surface area contributed by atoms with E-state index in [2.05, 4.69) is 12.6 Å². The average molecular weight is 188 g/mol. The summed E-state index contributed by atoms with van der Waals surface area (Å²) in [4.78, 5) is 8.70. The van der Waals surface area contributed by atoms with Crippen molar-refractivity contribution in [3.05, 3.63) is 0 Å². The average Bonchev–Trinajstić information content (AvgIpc) is 0.811. The Labute approximate surface area is 55.1 Å². The van der Waals surface area contributed by atoms with Gasteiger partial charge in [-0.05, 0) is 0 Å². The quantitative estimate of drug-likeness (QED) is 0.357. The molecule has 0 N–H and O–H groups in total. The van der Waals surface area contributed by atoms with E-state index in [9.17, 15) is 0 Å². The summed E-state index contributed by atoms with van der Waals surface area (Å²) >= 11 is 3.43. The van der Waals surface area contributed by atoms with E-state index in [4.69, 9.17) is 9.90 Å². The van der Waals surface area contributed by atoms with Crippen LogP contribution in [0.2, 0.25) is 0 Å². The van der Waals surface area contributed by atoms with Gasteiger partial charge < -0.3 is 22.5 Å². The van der Waals surface area contributed by atoms with Crippen molar-refractivity contribution in [1.29, 1.82) is 0 Å². The maximum Gasteiger partial charge on any atom is 2.00 e. The van der Waals surface area contributed by atoms with E-state index in [1.165, 1.54) is 0 Å². The van der Waals surface area contributed by atoms with Crippen LogP contribution in [-0.4, -0.2) is 5.30 Å². The SMILES string of the molecule is O=C([O-])[S-].[Cd+2]. The first-order chi connectivity index (χ1) is 1.73. The van der Waals surface area contributed by atoms with Crippen LogP contribution in [0.15, 0.2) is 0 Å². The molecule has 0 fully saturated rings. The van der Waals surface area contributed by atoms with Crippen molar-refractivity contribution < 1.29 is 37.2 Å². The van der Waals surface area contributed by atoms with Crippen LogP contribution in [0.4, 0.5) is 4.79 Å². The van der Waals surface area contributed by atoms with Crippen LogP contribution in [-0.2, 0) is 39.9 Å². The van der Waals surface area contributed by atoms with E-state index >= 15 is 0 Å². The number of hydrogen-bond acceptors (Lipinski definition) is 3. The fraction of sp³-hybridized carbons (Fsp3) is 0. The number of carbonyl (C=O) groups excluding carboxylic acids is 1. The number of rotatable bonds is 0. The fourth-order valence-corrected chi connectivity index (χ4v) is 0. The third-order valence-electron chi connectivity index (χ3n) is 0. The third-order valence-corrected chi connectivity index (χ3v) is 0. The molecule has 0 aromatic carbocycles. The topological polar surface area (TPSA) is 40.1 Å². The first kappa shape index (κ1) is 9.15. The molecule has 2 nitrogen and oxygen atoms in total. The minimum atomic E-state index is -1.50. The number of carboxylic acid groups (broad SMARTS) is 1. The number of carbonyl (C=O) groups is 1. The van der Waals surface area contributed by atoms with Gasteiger partial charge in [0.2, 0.25) is 0 Å². The zero-order chi connectivity index (χ0) is 3.58. The Balaban J connectivity index is 0. The zero-order valence-electron chi connectivity index (χ0n) is 2.43. The molecule has 0 aromatic heterocycles. The molecule has 5 heavy (non-hydrogen) atoms. The molecule has 0 aliphatic carbocycles. The normalized spacial score (nSPS) is 4.80. The Kier molecular flexibility index (Phi) is 8.44. The van der Waals surface area contributed by atoms with Crippen molar-refractivity contribution in [3.8, 4) is 0 Å². The molecule has 0 bridgehead atoms. The predicted octanol–water partition coefficient (Wildman–Crippen LogP) is -1.13. The second-order valence-electron chi connectivity index (χ2n) is 0.250. The van der Waals surface area contributed by atoms with Gasteiger partial charge in [-0.25, -0.2) is 0 Å². The van der Waals surface area contributed by atoms with E-state index in [1.54, 1.807) is 0 Å². The molecular formula is CCdO2S. The van der Waals surface area contributed by atoms with E-state index in [1.807, 2.05) is 0 Å². The van der Waals surface area contributed by atoms with Gasteiger partial charge in [-0.1, -0.05) is 5.30 Å². The van der Waals surface area contributed by atoms with Gasteiger partial charge in [0.1, 0.15) is 0 Å². The molecule has 0 aliphatic rings. The van der Waals surface area contributed by atoms with Crippen molar-refractivity contribution >= 4 is 17.9 Å². The van der Waals surface area contributed by atoms with Crippen LogP contribution < -0.4 is 5.11 Å². The predicted molar refractivity (Wildman–Crippen MR) is 12.8 cm³/mol. The summed E-state index contributed by atoms with van der Waals surface area (Å²) in [5, 5.41) is 7.20. The monoisotopic (exact) mass is 190 g/mol. The largest absolute Gasteiger partial charge is 2.00 e. The fourth-order valence-electron chi connectivity index (χ4n) is 0. The maximum atomic E-state index is 8.70. The van der Waals surface area contributed by atoms with Crippen molar-refractivity contribution in [2.24, 2.45) is 0 Å². The van der Waals surface area contributed by atoms with E-state index in [0.29, 0.717) is 0 Å². The van der Waals surface area contributed by atoms with Crippen molar-refractivity contribution in [2.45, 2.75) is 0 Å². The molecule has 0 spiro atoms. The second-order valence-corrected chi connectivity index (χ2v) is 0.583. The van der Waals surface area contributed by atoms with Crippen LogP contribution in [0.1, 0.15) is 0 Å². The summed E-state index contributed by atoms with van der Waals surface area (Å²) in [6, 6.07) is 0. The molecular weight excluding hydrogens is 188 g/mol. The Hall–Kier alpha value is 0.612. The van der Waals surface area contributed by atoms with E-state index < -0.39 is 5.30 Å². The minimum absolute atomic E-state index is 0. The van der Waals surface area contributed by atoms with Crippen LogP contribution in [0, 0.1) is 0 Å². The molecule has 0 aliphatic heterocycles. The van der Waals surface area contributed by atoms with E-state index in [-0.39, 0.29) is 27.3 Å². The van der Waals surface area contributed by atoms with Gasteiger partial charge in [-0.3, -0.25) is 0 Å². The third kappa shape index (κ3) is 84.0. The van der Waals surface area contributed by atoms with Crippen molar-refractivity contribution in [3.63, 3.8) is 0 Å². The van der Waals surface area contributed by atoms with Crippen molar-refractivity contribution in [1.82, 2.24) is 0 Å². The summed E-state index contributed by atoms with van der Waals surface area (Å²) in [7, 11) is 0. The standard InChI is InChI=1S/CH2O2S.Cd/c2-1(3)4;/h4H,(H,2,3);/q;+2/p-2. The molecule has 24 valence electrons. The molecule has 0 radical (unpaired) electrons. The van der Waals surface area contributed by atoms with Gasteiger partial charge in [-0.15, -0.1) is 0 Å². The van der Waals surface area contributed by atoms with Gasteiger partial charge in [0.25, 0.3) is 0 Å². The molecule has 0 saturated carbocycles. The summed E-state index contributed by atoms with van der Waals surface area (Å²) < 4.78 is 0. The Morgan fingerprint density at radius 1 is 1.80 bits per heavy atom. The summed E-state index contributed by atoms with van der Waals surface area (Å²) in [6.07, 6.45) is 0. The van der Waals surface area contributed by atoms with E-state index in [0.717, 1.165) is 0 Å². The second kappa shape index (κ2) is 4.61. The van der Waals surface area contributed by atoms with Gasteiger partial charge in [-0.2, -0.15) is 0 Å². The van der Waals surface area contributed by atoms with Crippen LogP contribution in [0.5, 0.6) is 0 Å². The van der Waals surface area contributed by atoms with Gasteiger partial charge in [0.05, 0.1) is 0 Å². The van der Waals surface area contributed by atoms with Crippen molar-refractivity contribution in [2.75, 3.05) is 0 Å². The van der Waals surface area contributed by atoms with Crippen LogP contribution >= 0.6 is 0 Å². The first-order valence-electron chi connectivity index (χ1n) is 0.612. The Bertz CT molecular complexity index is 32.6. The minimum Gasteiger partial charge on any atom is -0.764 e. The molecule has 0 aromatic rings. The number of hydrogen-bond donors (Lipinski definition) is 0. The molecule has 0 heterocycles. The van der Waals surface area contributed by atoms with Crippen LogP contribution in [0.25, 0.3) is 0 Å². The molecule has 0 saturated heterocycles. The van der Waals surface area contributed by atoms with Gasteiger partial charge >= 0.3 is 27.3 Å². The maximum absolute atomic E-state index is 8.70. The smallest absolute Gasteiger partial charge is 0.764 e. The van der Waals surface area contributed by atoms with Crippen LogP contribution in [0.3, 0.4) is 0 Å². The summed E-state index contributed by atoms with van der Waals surface area (Å²) in [6.45, 7) is 0. The zero-order valence-corrected chi connectivity index (χ0v) is 7.28. The van der Waals surface area contributed by atoms with Gasteiger partial charge in [0.15, 0.2) is 0 Å². The molecule has 4 heteroatoms. The molecule has 0 unspecified atom stereocenters. The molecule has 0 amide bonds. The summed E-state index contributed by atoms with van der Waals surface area (Å²) in [5.74, 6) is 0. The first-order valence-corrected chi connectivity index (χ1v) is 1.02. The molecule has 0 atom stereocenters. The Morgan fingerprint density at radius 3 is 1.80 bits per heavy atom. The van der Waals surface area contributed by atoms with Gasteiger partial charge in [0, 0.05) is 0 Å². The molecule has 0 rings (SSSR count).